The molecule has 6 N–H and O–H groups in total. The van der Waals surface area contributed by atoms with Crippen molar-refractivity contribution < 1.29 is 39.1 Å². The molecule has 3 heterocycles. The van der Waals surface area contributed by atoms with Crippen LogP contribution in [-0.4, -0.2) is 82.8 Å². The molecule has 33 heavy (non-hydrogen) atoms. The van der Waals surface area contributed by atoms with E-state index in [1.807, 2.05) is 0 Å². The zero-order chi connectivity index (χ0) is 24.0. The van der Waals surface area contributed by atoms with Gasteiger partial charge in [0, 0.05) is 6.04 Å². The van der Waals surface area contributed by atoms with Crippen LogP contribution in [0.1, 0.15) is 38.8 Å². The second kappa shape index (κ2) is 9.37. The smallest absolute Gasteiger partial charge is 0.359 e. The van der Waals surface area contributed by atoms with Gasteiger partial charge in [0.25, 0.3) is 0 Å². The Kier molecular flexibility index (Phi) is 7.03. The molecule has 1 aliphatic heterocycles. The summed E-state index contributed by atoms with van der Waals surface area (Å²) >= 11 is 6.23. The largest absolute Gasteiger partial charge is 0.393 e. The van der Waals surface area contributed by atoms with Crippen molar-refractivity contribution in [2.75, 3.05) is 18.5 Å². The van der Waals surface area contributed by atoms with Gasteiger partial charge in [0.05, 0.1) is 30.5 Å². The van der Waals surface area contributed by atoms with Crippen LogP contribution in [0.15, 0.2) is 12.3 Å². The molecule has 2 aliphatic rings. The lowest BCUT2D eigenvalue weighted by atomic mass is 10.1. The molecule has 5 atom stereocenters. The molecule has 2 fully saturated rings. The first-order chi connectivity index (χ1) is 15.5. The minimum Gasteiger partial charge on any atom is -0.393 e. The Morgan fingerprint density at radius 1 is 1.33 bits per heavy atom. The van der Waals surface area contributed by atoms with E-state index in [2.05, 4.69) is 15.4 Å². The number of aromatic nitrogens is 3. The molecular formula is C19H28ClN4O8P. The number of hydrogen-bond acceptors (Lipinski definition) is 9. The number of nitrogens with zero attached hydrogens (tertiary/aromatic N) is 3. The summed E-state index contributed by atoms with van der Waals surface area (Å²) in [7, 11) is -4.82. The van der Waals surface area contributed by atoms with E-state index in [4.69, 9.17) is 21.1 Å². The molecule has 14 heteroatoms. The molecule has 184 valence electrons. The molecule has 4 rings (SSSR count). The second-order valence-corrected chi connectivity index (χ2v) is 11.1. The molecule has 0 bridgehead atoms. The number of hydrogen-bond donors (Lipinski definition) is 6. The zero-order valence-electron chi connectivity index (χ0n) is 17.9. The van der Waals surface area contributed by atoms with Crippen molar-refractivity contribution in [3.05, 3.63) is 17.4 Å². The van der Waals surface area contributed by atoms with E-state index in [0.717, 1.165) is 38.3 Å². The normalized spacial score (nSPS) is 28.5. The third-order valence-electron chi connectivity index (χ3n) is 6.30. The van der Waals surface area contributed by atoms with E-state index in [-0.39, 0.29) is 5.15 Å². The predicted molar refractivity (Wildman–Crippen MR) is 118 cm³/mol. The molecule has 0 radical (unpaired) electrons. The lowest BCUT2D eigenvalue weighted by Crippen LogP contribution is -2.39. The summed E-state index contributed by atoms with van der Waals surface area (Å²) in [5, 5.41) is 36.9. The standard InChI is InChI=1S/C19H28ClN4O8P/c1-19(9-25,33(28,29)30)31-8-13-15(26)16(27)18(32-13)24-17-11(7-21-24)12(6-14(20)23-17)22-10-4-2-3-5-10/h6-7,10,13,15-16,18,25-27H,2-5,8-9H2,1H3,(H,22,23)(H2,28,29,30)/t13-,15-,16-,18-,19+/m0/s1. The van der Waals surface area contributed by atoms with E-state index in [1.54, 1.807) is 12.3 Å². The maximum atomic E-state index is 11.6. The number of nitrogens with one attached hydrogen (secondary N) is 1. The SMILES string of the molecule is C[C@@](CO)(OC[C@@H]1O[C@H](n2ncc3c(NC4CCCC4)cc(Cl)nc32)[C@@H](O)[C@H]1O)P(=O)(O)O. The van der Waals surface area contributed by atoms with Crippen LogP contribution in [0.4, 0.5) is 5.69 Å². The van der Waals surface area contributed by atoms with Gasteiger partial charge < -0.3 is 39.9 Å². The molecule has 0 amide bonds. The molecular weight excluding hydrogens is 479 g/mol. The summed E-state index contributed by atoms with van der Waals surface area (Å²) in [5.74, 6) is 0. The number of pyridine rings is 1. The Hall–Kier alpha value is -1.34. The van der Waals surface area contributed by atoms with Crippen LogP contribution in [0.25, 0.3) is 11.0 Å². The molecule has 0 spiro atoms. The fraction of sp³-hybridized carbons (Fsp3) is 0.684. The molecule has 1 saturated carbocycles. The van der Waals surface area contributed by atoms with Crippen molar-refractivity contribution in [1.29, 1.82) is 0 Å². The number of halogens is 1. The van der Waals surface area contributed by atoms with Crippen molar-refractivity contribution in [2.24, 2.45) is 0 Å². The maximum absolute atomic E-state index is 11.6. The Morgan fingerprint density at radius 2 is 2.03 bits per heavy atom. The van der Waals surface area contributed by atoms with Gasteiger partial charge in [-0.3, -0.25) is 4.57 Å². The number of rotatable bonds is 8. The van der Waals surface area contributed by atoms with Crippen LogP contribution in [0.3, 0.4) is 0 Å². The molecule has 0 unspecified atom stereocenters. The van der Waals surface area contributed by atoms with Crippen LogP contribution in [0, 0.1) is 0 Å². The lowest BCUT2D eigenvalue weighted by Gasteiger charge is -2.29. The van der Waals surface area contributed by atoms with Gasteiger partial charge in [0.2, 0.25) is 0 Å². The number of anilines is 1. The molecule has 12 nitrogen and oxygen atoms in total. The van der Waals surface area contributed by atoms with E-state index in [1.165, 1.54) is 4.68 Å². The van der Waals surface area contributed by atoms with E-state index >= 15 is 0 Å². The summed E-state index contributed by atoms with van der Waals surface area (Å²) in [6.07, 6.45) is 0.820. The highest BCUT2D eigenvalue weighted by Crippen LogP contribution is 2.51. The Morgan fingerprint density at radius 3 is 2.67 bits per heavy atom. The van der Waals surface area contributed by atoms with Crippen molar-refractivity contribution in [2.45, 2.75) is 68.5 Å². The second-order valence-electron chi connectivity index (χ2n) is 8.68. The molecule has 2 aromatic heterocycles. The third kappa shape index (κ3) is 4.77. The van der Waals surface area contributed by atoms with Crippen molar-refractivity contribution in [3.8, 4) is 0 Å². The molecule has 2 aromatic rings. The predicted octanol–water partition coefficient (Wildman–Crippen LogP) is 0.961. The Balaban J connectivity index is 1.56. The van der Waals surface area contributed by atoms with Crippen molar-refractivity contribution in [1.82, 2.24) is 14.8 Å². The van der Waals surface area contributed by atoms with Gasteiger partial charge in [-0.2, -0.15) is 5.10 Å². The topological polar surface area (TPSA) is 179 Å². The van der Waals surface area contributed by atoms with Gasteiger partial charge in [0.15, 0.2) is 17.2 Å². The summed E-state index contributed by atoms with van der Waals surface area (Å²) in [6, 6.07) is 2.03. The van der Waals surface area contributed by atoms with Gasteiger partial charge in [-0.1, -0.05) is 24.4 Å². The third-order valence-corrected chi connectivity index (χ3v) is 7.99. The zero-order valence-corrected chi connectivity index (χ0v) is 19.6. The van der Waals surface area contributed by atoms with Crippen LogP contribution in [-0.2, 0) is 14.0 Å². The quantitative estimate of drug-likeness (QED) is 0.222. The molecule has 0 aromatic carbocycles. The number of aliphatic hydroxyl groups excluding tert-OH is 3. The summed E-state index contributed by atoms with van der Waals surface area (Å²) in [6.45, 7) is -0.386. The van der Waals surface area contributed by atoms with Crippen LogP contribution >= 0.6 is 19.2 Å². The lowest BCUT2D eigenvalue weighted by molar-refractivity contribution is -0.104. The number of aliphatic hydroxyl groups is 3. The summed E-state index contributed by atoms with van der Waals surface area (Å²) < 4.78 is 23.9. The fourth-order valence-electron chi connectivity index (χ4n) is 4.14. The summed E-state index contributed by atoms with van der Waals surface area (Å²) in [5.41, 5.74) is 1.10. The van der Waals surface area contributed by atoms with E-state index in [9.17, 15) is 29.7 Å². The Labute approximate surface area is 194 Å². The molecule has 1 aliphatic carbocycles. The Bertz CT molecular complexity index is 1040. The van der Waals surface area contributed by atoms with Gasteiger partial charge >= 0.3 is 7.60 Å². The van der Waals surface area contributed by atoms with Gasteiger partial charge in [-0.25, -0.2) is 9.67 Å². The van der Waals surface area contributed by atoms with E-state index in [0.29, 0.717) is 17.1 Å². The monoisotopic (exact) mass is 506 g/mol. The first kappa shape index (κ1) is 24.8. The minimum atomic E-state index is -4.82. The highest BCUT2D eigenvalue weighted by Gasteiger charge is 2.48. The van der Waals surface area contributed by atoms with E-state index < -0.39 is 50.7 Å². The van der Waals surface area contributed by atoms with Gasteiger partial charge in [-0.05, 0) is 25.8 Å². The van der Waals surface area contributed by atoms with Crippen molar-refractivity contribution >= 4 is 35.9 Å². The van der Waals surface area contributed by atoms with Crippen molar-refractivity contribution in [3.63, 3.8) is 0 Å². The minimum absolute atomic E-state index is 0.220. The highest BCUT2D eigenvalue weighted by molar-refractivity contribution is 7.53. The highest BCUT2D eigenvalue weighted by atomic mass is 35.5. The maximum Gasteiger partial charge on any atom is 0.359 e. The van der Waals surface area contributed by atoms with Crippen LogP contribution in [0.2, 0.25) is 5.15 Å². The summed E-state index contributed by atoms with van der Waals surface area (Å²) in [4.78, 5) is 23.2. The van der Waals surface area contributed by atoms with Gasteiger partial charge in [0.1, 0.15) is 23.5 Å². The first-order valence-corrected chi connectivity index (χ1v) is 12.7. The van der Waals surface area contributed by atoms with Crippen LogP contribution < -0.4 is 5.32 Å². The number of ether oxygens (including phenoxy) is 2. The van der Waals surface area contributed by atoms with Gasteiger partial charge in [-0.15, -0.1) is 0 Å². The first-order valence-electron chi connectivity index (χ1n) is 10.7. The molecule has 1 saturated heterocycles. The average molecular weight is 507 g/mol. The fourth-order valence-corrected chi connectivity index (χ4v) is 4.75. The average Bonchev–Trinajstić information content (AvgIpc) is 3.47. The van der Waals surface area contributed by atoms with Crippen LogP contribution in [0.5, 0.6) is 0 Å². The number of fused-ring (bicyclic) bond motifs is 1.